The van der Waals surface area contributed by atoms with Crippen molar-refractivity contribution in [1.82, 2.24) is 19.9 Å². The molecule has 3 N–H and O–H groups in total. The molecule has 0 aliphatic carbocycles. The second kappa shape index (κ2) is 4.29. The first kappa shape index (κ1) is 10.5. The Morgan fingerprint density at radius 1 is 1.00 bits per heavy atom. The van der Waals surface area contributed by atoms with Crippen molar-refractivity contribution in [3.63, 3.8) is 0 Å². The van der Waals surface area contributed by atoms with Crippen LogP contribution in [-0.4, -0.2) is 19.9 Å². The molecule has 0 atom stereocenters. The van der Waals surface area contributed by atoms with E-state index in [2.05, 4.69) is 19.9 Å². The van der Waals surface area contributed by atoms with Crippen LogP contribution in [0.4, 0.5) is 5.95 Å². The van der Waals surface area contributed by atoms with E-state index < -0.39 is 0 Å². The minimum Gasteiger partial charge on any atom is -0.368 e. The molecule has 1 aromatic carbocycles. The number of aromatic amines is 1. The number of imidazole rings is 1. The molecule has 0 aliphatic heterocycles. The van der Waals surface area contributed by atoms with Gasteiger partial charge in [-0.25, -0.2) is 15.0 Å². The third kappa shape index (κ3) is 1.93. The molecule has 5 nitrogen and oxygen atoms in total. The third-order valence-corrected chi connectivity index (χ3v) is 2.57. The van der Waals surface area contributed by atoms with Gasteiger partial charge in [0.25, 0.3) is 0 Å². The SMILES string of the molecule is Nc1nccc(-c2cnc(-c3ccccc3)[nH]2)n1. The van der Waals surface area contributed by atoms with E-state index in [1.165, 1.54) is 0 Å². The van der Waals surface area contributed by atoms with E-state index in [0.717, 1.165) is 22.8 Å². The van der Waals surface area contributed by atoms with Crippen LogP contribution in [0.3, 0.4) is 0 Å². The van der Waals surface area contributed by atoms with Crippen molar-refractivity contribution in [2.45, 2.75) is 0 Å². The molecule has 0 saturated carbocycles. The molecule has 0 unspecified atom stereocenters. The van der Waals surface area contributed by atoms with Gasteiger partial charge in [-0.2, -0.15) is 0 Å². The molecule has 0 aliphatic rings. The summed E-state index contributed by atoms with van der Waals surface area (Å²) in [5, 5.41) is 0. The first-order chi connectivity index (χ1) is 8.83. The van der Waals surface area contributed by atoms with E-state index in [1.54, 1.807) is 18.5 Å². The number of rotatable bonds is 2. The van der Waals surface area contributed by atoms with Crippen LogP contribution in [0.15, 0.2) is 48.8 Å². The molecule has 3 aromatic rings. The van der Waals surface area contributed by atoms with Crippen molar-refractivity contribution < 1.29 is 0 Å². The van der Waals surface area contributed by atoms with Gasteiger partial charge in [0, 0.05) is 11.8 Å². The van der Waals surface area contributed by atoms with Gasteiger partial charge in [-0.3, -0.25) is 0 Å². The van der Waals surface area contributed by atoms with Crippen LogP contribution < -0.4 is 5.73 Å². The summed E-state index contributed by atoms with van der Waals surface area (Å²) in [4.78, 5) is 15.6. The minimum atomic E-state index is 0.253. The summed E-state index contributed by atoms with van der Waals surface area (Å²) in [6, 6.07) is 11.7. The van der Waals surface area contributed by atoms with Crippen molar-refractivity contribution in [2.24, 2.45) is 0 Å². The van der Waals surface area contributed by atoms with Gasteiger partial charge in [-0.05, 0) is 6.07 Å². The van der Waals surface area contributed by atoms with Crippen molar-refractivity contribution >= 4 is 5.95 Å². The van der Waals surface area contributed by atoms with Crippen LogP contribution in [0.1, 0.15) is 0 Å². The van der Waals surface area contributed by atoms with E-state index in [9.17, 15) is 0 Å². The lowest BCUT2D eigenvalue weighted by Crippen LogP contribution is -1.95. The minimum absolute atomic E-state index is 0.253. The van der Waals surface area contributed by atoms with Gasteiger partial charge < -0.3 is 10.7 Å². The molecular formula is C13H11N5. The number of nitrogens with zero attached hydrogens (tertiary/aromatic N) is 3. The third-order valence-electron chi connectivity index (χ3n) is 2.57. The Labute approximate surface area is 104 Å². The maximum Gasteiger partial charge on any atom is 0.220 e. The van der Waals surface area contributed by atoms with Crippen LogP contribution in [0, 0.1) is 0 Å². The number of H-pyrrole nitrogens is 1. The van der Waals surface area contributed by atoms with Gasteiger partial charge in [-0.15, -0.1) is 0 Å². The lowest BCUT2D eigenvalue weighted by molar-refractivity contribution is 1.18. The van der Waals surface area contributed by atoms with Crippen LogP contribution >= 0.6 is 0 Å². The summed E-state index contributed by atoms with van der Waals surface area (Å²) < 4.78 is 0. The van der Waals surface area contributed by atoms with Crippen LogP contribution in [0.5, 0.6) is 0 Å². The topological polar surface area (TPSA) is 80.5 Å². The Kier molecular flexibility index (Phi) is 2.49. The predicted octanol–water partition coefficient (Wildman–Crippen LogP) is 2.12. The molecule has 18 heavy (non-hydrogen) atoms. The molecule has 0 amide bonds. The highest BCUT2D eigenvalue weighted by Gasteiger charge is 2.06. The summed E-state index contributed by atoms with van der Waals surface area (Å²) in [7, 11) is 0. The lowest BCUT2D eigenvalue weighted by Gasteiger charge is -1.97. The molecule has 0 fully saturated rings. The van der Waals surface area contributed by atoms with E-state index in [0.29, 0.717) is 0 Å². The quantitative estimate of drug-likeness (QED) is 0.715. The highest BCUT2D eigenvalue weighted by molar-refractivity contribution is 5.62. The van der Waals surface area contributed by atoms with Gasteiger partial charge in [0.05, 0.1) is 17.6 Å². The van der Waals surface area contributed by atoms with E-state index in [4.69, 9.17) is 5.73 Å². The zero-order chi connectivity index (χ0) is 12.4. The highest BCUT2D eigenvalue weighted by Crippen LogP contribution is 2.20. The summed E-state index contributed by atoms with van der Waals surface area (Å²) >= 11 is 0. The number of anilines is 1. The van der Waals surface area contributed by atoms with Crippen LogP contribution in [-0.2, 0) is 0 Å². The smallest absolute Gasteiger partial charge is 0.220 e. The zero-order valence-electron chi connectivity index (χ0n) is 9.54. The number of aromatic nitrogens is 4. The van der Waals surface area contributed by atoms with Crippen molar-refractivity contribution in [3.05, 3.63) is 48.8 Å². The summed E-state index contributed by atoms with van der Waals surface area (Å²) in [6.45, 7) is 0. The first-order valence-electron chi connectivity index (χ1n) is 5.52. The fourth-order valence-corrected chi connectivity index (χ4v) is 1.72. The fourth-order valence-electron chi connectivity index (χ4n) is 1.72. The number of hydrogen-bond donors (Lipinski definition) is 2. The van der Waals surface area contributed by atoms with Crippen molar-refractivity contribution in [2.75, 3.05) is 5.73 Å². The number of hydrogen-bond acceptors (Lipinski definition) is 4. The fraction of sp³-hybridized carbons (Fsp3) is 0. The van der Waals surface area contributed by atoms with Gasteiger partial charge >= 0.3 is 0 Å². The van der Waals surface area contributed by atoms with Crippen molar-refractivity contribution in [3.8, 4) is 22.8 Å². The largest absolute Gasteiger partial charge is 0.368 e. The molecule has 0 radical (unpaired) electrons. The Bertz CT molecular complexity index is 660. The molecule has 2 heterocycles. The van der Waals surface area contributed by atoms with Crippen molar-refractivity contribution in [1.29, 1.82) is 0 Å². The maximum absolute atomic E-state index is 5.56. The molecule has 5 heteroatoms. The Morgan fingerprint density at radius 3 is 2.61 bits per heavy atom. The average molecular weight is 237 g/mol. The molecule has 0 saturated heterocycles. The monoisotopic (exact) mass is 237 g/mol. The number of nitrogens with one attached hydrogen (secondary N) is 1. The molecule has 0 bridgehead atoms. The lowest BCUT2D eigenvalue weighted by atomic mass is 10.2. The Hall–Kier alpha value is -2.69. The van der Waals surface area contributed by atoms with E-state index in [-0.39, 0.29) is 5.95 Å². The van der Waals surface area contributed by atoms with Gasteiger partial charge in [0.1, 0.15) is 5.82 Å². The number of benzene rings is 1. The summed E-state index contributed by atoms with van der Waals surface area (Å²) in [6.07, 6.45) is 3.37. The predicted molar refractivity (Wildman–Crippen MR) is 69.5 cm³/mol. The Balaban J connectivity index is 2.00. The van der Waals surface area contributed by atoms with Gasteiger partial charge in [-0.1, -0.05) is 30.3 Å². The second-order valence-corrected chi connectivity index (χ2v) is 3.81. The Morgan fingerprint density at radius 2 is 1.83 bits per heavy atom. The van der Waals surface area contributed by atoms with Gasteiger partial charge in [0.2, 0.25) is 5.95 Å². The number of nitrogen functional groups attached to an aromatic ring is 1. The van der Waals surface area contributed by atoms with E-state index >= 15 is 0 Å². The first-order valence-corrected chi connectivity index (χ1v) is 5.52. The normalized spacial score (nSPS) is 10.4. The molecule has 3 rings (SSSR count). The average Bonchev–Trinajstić information content (AvgIpc) is 2.89. The summed E-state index contributed by atoms with van der Waals surface area (Å²) in [5.41, 5.74) is 8.15. The summed E-state index contributed by atoms with van der Waals surface area (Å²) in [5.74, 6) is 1.06. The standard InChI is InChI=1S/C13H11N5/c14-13-15-7-6-10(18-13)11-8-16-12(17-11)9-4-2-1-3-5-9/h1-8H,(H,16,17)(H2,14,15,18). The van der Waals surface area contributed by atoms with Crippen LogP contribution in [0.2, 0.25) is 0 Å². The van der Waals surface area contributed by atoms with Gasteiger partial charge in [0.15, 0.2) is 0 Å². The molecule has 88 valence electrons. The van der Waals surface area contributed by atoms with E-state index in [1.807, 2.05) is 30.3 Å². The molecular weight excluding hydrogens is 226 g/mol. The molecule has 2 aromatic heterocycles. The second-order valence-electron chi connectivity index (χ2n) is 3.81. The zero-order valence-corrected chi connectivity index (χ0v) is 9.54. The number of nitrogens with two attached hydrogens (primary N) is 1. The highest BCUT2D eigenvalue weighted by atomic mass is 15.0. The van der Waals surface area contributed by atoms with Crippen LogP contribution in [0.25, 0.3) is 22.8 Å². The molecule has 0 spiro atoms. The maximum atomic E-state index is 5.56.